The number of aromatic amines is 1. The van der Waals surface area contributed by atoms with E-state index in [1.165, 1.54) is 0 Å². The first-order chi connectivity index (χ1) is 14.3. The average Bonchev–Trinajstić information content (AvgIpc) is 3.41. The second kappa shape index (κ2) is 8.85. The van der Waals surface area contributed by atoms with Crippen molar-refractivity contribution in [2.75, 3.05) is 7.11 Å². The van der Waals surface area contributed by atoms with Crippen molar-refractivity contribution in [1.29, 1.82) is 0 Å². The fourth-order valence-electron chi connectivity index (χ4n) is 2.76. The number of ether oxygens (including phenoxy) is 2. The predicted octanol–water partition coefficient (Wildman–Crippen LogP) is 5.14. The third-order valence-corrected chi connectivity index (χ3v) is 5.29. The molecule has 4 rings (SSSR count). The van der Waals surface area contributed by atoms with Crippen LogP contribution in [-0.4, -0.2) is 28.2 Å². The highest BCUT2D eigenvalue weighted by molar-refractivity contribution is 7.71. The van der Waals surface area contributed by atoms with Crippen molar-refractivity contribution in [1.82, 2.24) is 14.9 Å². The summed E-state index contributed by atoms with van der Waals surface area (Å²) < 4.78 is 13.6. The first kappa shape index (κ1) is 19.1. The standard InChI is InChI=1S/C21H18N4O2S2/c1-26-17-10-5-9-16(19(17)27-14-15-7-3-2-4-8-15)13-22-25-20(23-24-21(25)28)18-11-6-12-29-18/h2-13H,14H2,1H3,(H,24,28)/b22-13-. The Hall–Kier alpha value is -3.23. The van der Waals surface area contributed by atoms with Crippen molar-refractivity contribution in [3.05, 3.63) is 81.9 Å². The largest absolute Gasteiger partial charge is 0.493 e. The van der Waals surface area contributed by atoms with Crippen molar-refractivity contribution in [2.24, 2.45) is 5.10 Å². The minimum atomic E-state index is 0.416. The highest BCUT2D eigenvalue weighted by atomic mass is 32.1. The van der Waals surface area contributed by atoms with Gasteiger partial charge in [-0.2, -0.15) is 14.9 Å². The van der Waals surface area contributed by atoms with Gasteiger partial charge in [-0.05, 0) is 41.4 Å². The molecule has 0 amide bonds. The van der Waals surface area contributed by atoms with E-state index < -0.39 is 0 Å². The molecule has 0 spiro atoms. The summed E-state index contributed by atoms with van der Waals surface area (Å²) >= 11 is 6.91. The molecule has 0 atom stereocenters. The average molecular weight is 423 g/mol. The summed E-state index contributed by atoms with van der Waals surface area (Å²) in [6, 6.07) is 19.6. The Morgan fingerprint density at radius 3 is 2.76 bits per heavy atom. The highest BCUT2D eigenvalue weighted by Gasteiger charge is 2.12. The Bertz CT molecular complexity index is 1170. The quantitative estimate of drug-likeness (QED) is 0.331. The molecule has 29 heavy (non-hydrogen) atoms. The molecule has 0 aliphatic heterocycles. The predicted molar refractivity (Wildman–Crippen MR) is 117 cm³/mol. The number of benzene rings is 2. The zero-order chi connectivity index (χ0) is 20.1. The molecular weight excluding hydrogens is 404 g/mol. The summed E-state index contributed by atoms with van der Waals surface area (Å²) in [7, 11) is 1.62. The van der Waals surface area contributed by atoms with Crippen LogP contribution in [0.4, 0.5) is 0 Å². The van der Waals surface area contributed by atoms with E-state index in [1.807, 2.05) is 66.0 Å². The number of hydrogen-bond donors (Lipinski definition) is 1. The molecule has 2 aromatic carbocycles. The van der Waals surface area contributed by atoms with Crippen molar-refractivity contribution in [3.8, 4) is 22.2 Å². The van der Waals surface area contributed by atoms with Crippen LogP contribution in [-0.2, 0) is 6.61 Å². The molecule has 0 radical (unpaired) electrons. The van der Waals surface area contributed by atoms with Crippen molar-refractivity contribution in [2.45, 2.75) is 6.61 Å². The summed E-state index contributed by atoms with van der Waals surface area (Å²) in [5.41, 5.74) is 1.85. The molecule has 0 aliphatic rings. The third kappa shape index (κ3) is 4.28. The summed E-state index contributed by atoms with van der Waals surface area (Å²) in [5.74, 6) is 1.92. The second-order valence-corrected chi connectivity index (χ2v) is 7.37. The Kier molecular flexibility index (Phi) is 5.83. The van der Waals surface area contributed by atoms with Gasteiger partial charge in [0.05, 0.1) is 18.2 Å². The Balaban J connectivity index is 1.66. The fourth-order valence-corrected chi connectivity index (χ4v) is 3.64. The summed E-state index contributed by atoms with van der Waals surface area (Å²) in [5, 5.41) is 13.6. The van der Waals surface area contributed by atoms with Gasteiger partial charge in [-0.25, -0.2) is 5.10 Å². The molecule has 2 aromatic heterocycles. The van der Waals surface area contributed by atoms with Gasteiger partial charge in [0.2, 0.25) is 4.77 Å². The van der Waals surface area contributed by atoms with Crippen molar-refractivity contribution in [3.63, 3.8) is 0 Å². The molecule has 4 aromatic rings. The van der Waals surface area contributed by atoms with E-state index in [9.17, 15) is 0 Å². The lowest BCUT2D eigenvalue weighted by molar-refractivity contribution is 0.284. The lowest BCUT2D eigenvalue weighted by Crippen LogP contribution is -2.01. The molecule has 0 fully saturated rings. The number of hydrogen-bond acceptors (Lipinski definition) is 6. The molecule has 0 unspecified atom stereocenters. The van der Waals surface area contributed by atoms with Crippen LogP contribution in [0.1, 0.15) is 11.1 Å². The van der Waals surface area contributed by atoms with Crippen LogP contribution >= 0.6 is 23.6 Å². The van der Waals surface area contributed by atoms with Gasteiger partial charge in [0.15, 0.2) is 17.3 Å². The fraction of sp³-hybridized carbons (Fsp3) is 0.0952. The van der Waals surface area contributed by atoms with Gasteiger partial charge in [-0.3, -0.25) is 0 Å². The van der Waals surface area contributed by atoms with Gasteiger partial charge in [0.25, 0.3) is 0 Å². The van der Waals surface area contributed by atoms with E-state index in [0.717, 1.165) is 16.0 Å². The molecule has 1 N–H and O–H groups in total. The number of thiophene rings is 1. The van der Waals surface area contributed by atoms with Crippen LogP contribution in [0.5, 0.6) is 11.5 Å². The number of para-hydroxylation sites is 1. The maximum Gasteiger partial charge on any atom is 0.216 e. The summed E-state index contributed by atoms with van der Waals surface area (Å²) in [6.45, 7) is 0.424. The number of rotatable bonds is 7. The SMILES string of the molecule is COc1cccc(/C=N\n2c(-c3cccs3)n[nH]c2=S)c1OCc1ccccc1. The van der Waals surface area contributed by atoms with Crippen LogP contribution in [0, 0.1) is 4.77 Å². The van der Waals surface area contributed by atoms with Gasteiger partial charge < -0.3 is 9.47 Å². The first-order valence-corrected chi connectivity index (χ1v) is 10.1. The number of methoxy groups -OCH3 is 1. The summed E-state index contributed by atoms with van der Waals surface area (Å²) in [6.07, 6.45) is 1.70. The maximum atomic E-state index is 6.07. The molecule has 0 aliphatic carbocycles. The van der Waals surface area contributed by atoms with E-state index in [2.05, 4.69) is 15.3 Å². The van der Waals surface area contributed by atoms with Gasteiger partial charge in [-0.15, -0.1) is 11.3 Å². The first-order valence-electron chi connectivity index (χ1n) is 8.85. The molecule has 0 bridgehead atoms. The Morgan fingerprint density at radius 1 is 1.14 bits per heavy atom. The van der Waals surface area contributed by atoms with E-state index in [-0.39, 0.29) is 0 Å². The van der Waals surface area contributed by atoms with Gasteiger partial charge in [0, 0.05) is 5.56 Å². The molecular formula is C21H18N4O2S2. The van der Waals surface area contributed by atoms with Crippen LogP contribution < -0.4 is 9.47 Å². The van der Waals surface area contributed by atoms with E-state index >= 15 is 0 Å². The molecule has 0 saturated heterocycles. The van der Waals surface area contributed by atoms with E-state index in [0.29, 0.717) is 28.7 Å². The molecule has 146 valence electrons. The number of aromatic nitrogens is 3. The van der Waals surface area contributed by atoms with E-state index in [1.54, 1.807) is 29.3 Å². The Labute approximate surface area is 177 Å². The molecule has 8 heteroatoms. The van der Waals surface area contributed by atoms with Crippen LogP contribution in [0.2, 0.25) is 0 Å². The minimum absolute atomic E-state index is 0.416. The zero-order valence-electron chi connectivity index (χ0n) is 15.6. The highest BCUT2D eigenvalue weighted by Crippen LogP contribution is 2.31. The van der Waals surface area contributed by atoms with Gasteiger partial charge in [-0.1, -0.05) is 42.5 Å². The number of nitrogens with one attached hydrogen (secondary N) is 1. The molecule has 2 heterocycles. The maximum absolute atomic E-state index is 6.07. The second-order valence-electron chi connectivity index (χ2n) is 6.04. The van der Waals surface area contributed by atoms with Crippen LogP contribution in [0.3, 0.4) is 0 Å². The third-order valence-electron chi connectivity index (χ3n) is 4.16. The molecule has 6 nitrogen and oxygen atoms in total. The smallest absolute Gasteiger partial charge is 0.216 e. The van der Waals surface area contributed by atoms with Crippen molar-refractivity contribution >= 4 is 29.8 Å². The van der Waals surface area contributed by atoms with Gasteiger partial charge in [0.1, 0.15) is 6.61 Å². The minimum Gasteiger partial charge on any atom is -0.493 e. The van der Waals surface area contributed by atoms with Gasteiger partial charge >= 0.3 is 0 Å². The summed E-state index contributed by atoms with van der Waals surface area (Å²) in [4.78, 5) is 0.973. The zero-order valence-corrected chi connectivity index (χ0v) is 17.2. The van der Waals surface area contributed by atoms with E-state index in [4.69, 9.17) is 21.7 Å². The Morgan fingerprint density at radius 2 is 2.00 bits per heavy atom. The molecule has 0 saturated carbocycles. The monoisotopic (exact) mass is 422 g/mol. The lowest BCUT2D eigenvalue weighted by atomic mass is 10.2. The van der Waals surface area contributed by atoms with Crippen molar-refractivity contribution < 1.29 is 9.47 Å². The lowest BCUT2D eigenvalue weighted by Gasteiger charge is -2.13. The van der Waals surface area contributed by atoms with Crippen LogP contribution in [0.25, 0.3) is 10.7 Å². The van der Waals surface area contributed by atoms with Crippen LogP contribution in [0.15, 0.2) is 71.1 Å². The number of nitrogens with zero attached hydrogens (tertiary/aromatic N) is 3. The number of H-pyrrole nitrogens is 1. The normalized spacial score (nSPS) is 11.1. The topological polar surface area (TPSA) is 64.4 Å².